The van der Waals surface area contributed by atoms with Gasteiger partial charge >= 0.3 is 0 Å². The highest BCUT2D eigenvalue weighted by Gasteiger charge is 2.46. The van der Waals surface area contributed by atoms with Gasteiger partial charge in [0.25, 0.3) is 0 Å². The minimum Gasteiger partial charge on any atom is -0.349 e. The zero-order valence-electron chi connectivity index (χ0n) is 12.6. The van der Waals surface area contributed by atoms with Crippen molar-refractivity contribution in [3.05, 3.63) is 65.7 Å². The van der Waals surface area contributed by atoms with Gasteiger partial charge in [-0.15, -0.1) is 0 Å². The third-order valence-corrected chi connectivity index (χ3v) is 4.55. The molecule has 1 saturated carbocycles. The van der Waals surface area contributed by atoms with Gasteiger partial charge in [0.1, 0.15) is 5.82 Å². The van der Waals surface area contributed by atoms with Crippen LogP contribution in [-0.2, 0) is 10.2 Å². The second kappa shape index (κ2) is 5.87. The van der Waals surface area contributed by atoms with E-state index in [4.69, 9.17) is 0 Å². The summed E-state index contributed by atoms with van der Waals surface area (Å²) in [5, 5.41) is 3.06. The van der Waals surface area contributed by atoms with Crippen LogP contribution in [0.1, 0.15) is 43.4 Å². The Hall–Kier alpha value is -2.23. The van der Waals surface area contributed by atoms with Gasteiger partial charge in [0.05, 0.1) is 11.5 Å². The van der Waals surface area contributed by atoms with Crippen molar-refractivity contribution < 1.29 is 9.18 Å². The molecule has 22 heavy (non-hydrogen) atoms. The molecule has 1 unspecified atom stereocenters. The van der Waals surface area contributed by atoms with Crippen LogP contribution in [0.4, 0.5) is 4.39 Å². The Kier molecular flexibility index (Phi) is 3.92. The van der Waals surface area contributed by atoms with E-state index in [1.54, 1.807) is 18.5 Å². The zero-order chi connectivity index (χ0) is 15.6. The average Bonchev–Trinajstić information content (AvgIpc) is 2.47. The summed E-state index contributed by atoms with van der Waals surface area (Å²) in [5.41, 5.74) is 1.15. The Balaban J connectivity index is 1.80. The van der Waals surface area contributed by atoms with Crippen LogP contribution in [0.15, 0.2) is 48.8 Å². The summed E-state index contributed by atoms with van der Waals surface area (Å²) in [6, 6.07) is 10.1. The molecule has 3 rings (SSSR count). The molecule has 0 saturated heterocycles. The molecule has 1 N–H and O–H groups in total. The van der Waals surface area contributed by atoms with Crippen LogP contribution in [-0.4, -0.2) is 10.9 Å². The number of hydrogen-bond donors (Lipinski definition) is 1. The SMILES string of the molecule is CC(NC(=O)C1(c2cccc(F)c2)CCC1)c1cccnc1. The molecule has 114 valence electrons. The number of benzene rings is 1. The van der Waals surface area contributed by atoms with E-state index in [1.165, 1.54) is 12.1 Å². The quantitative estimate of drug-likeness (QED) is 0.938. The van der Waals surface area contributed by atoms with E-state index in [2.05, 4.69) is 10.3 Å². The minimum absolute atomic E-state index is 0.0271. The van der Waals surface area contributed by atoms with E-state index in [0.717, 1.165) is 30.4 Å². The lowest BCUT2D eigenvalue weighted by Crippen LogP contribution is -2.49. The van der Waals surface area contributed by atoms with E-state index in [9.17, 15) is 9.18 Å². The average molecular weight is 298 g/mol. The minimum atomic E-state index is -0.585. The number of carbonyl (C=O) groups is 1. The lowest BCUT2D eigenvalue weighted by Gasteiger charge is -2.41. The lowest BCUT2D eigenvalue weighted by atomic mass is 9.63. The van der Waals surface area contributed by atoms with Gasteiger partial charge < -0.3 is 5.32 Å². The maximum Gasteiger partial charge on any atom is 0.231 e. The van der Waals surface area contributed by atoms with Gasteiger partial charge in [-0.25, -0.2) is 4.39 Å². The van der Waals surface area contributed by atoms with Crippen molar-refractivity contribution in [2.75, 3.05) is 0 Å². The molecule has 3 nitrogen and oxygen atoms in total. The number of halogens is 1. The number of nitrogens with zero attached hydrogens (tertiary/aromatic N) is 1. The molecule has 0 bridgehead atoms. The summed E-state index contributed by atoms with van der Waals surface area (Å²) in [5.74, 6) is -0.322. The fraction of sp³-hybridized carbons (Fsp3) is 0.333. The molecular weight excluding hydrogens is 279 g/mol. The first-order valence-corrected chi connectivity index (χ1v) is 7.59. The van der Waals surface area contributed by atoms with Crippen molar-refractivity contribution in [3.8, 4) is 0 Å². The highest BCUT2D eigenvalue weighted by molar-refractivity contribution is 5.89. The summed E-state index contributed by atoms with van der Waals surface area (Å²) < 4.78 is 13.5. The molecule has 1 aromatic carbocycles. The maximum atomic E-state index is 13.5. The van der Waals surface area contributed by atoms with E-state index >= 15 is 0 Å². The standard InChI is InChI=1S/C18H19FN2O/c1-13(14-5-3-10-20-12-14)21-17(22)18(8-4-9-18)15-6-2-7-16(19)11-15/h2-3,5-7,10-13H,4,8-9H2,1H3,(H,21,22). The summed E-state index contributed by atoms with van der Waals surface area (Å²) in [6.45, 7) is 1.94. The molecule has 1 fully saturated rings. The largest absolute Gasteiger partial charge is 0.349 e. The first-order chi connectivity index (χ1) is 10.6. The Morgan fingerprint density at radius 3 is 2.73 bits per heavy atom. The van der Waals surface area contributed by atoms with E-state index in [1.807, 2.05) is 25.1 Å². The number of pyridine rings is 1. The third-order valence-electron chi connectivity index (χ3n) is 4.55. The van der Waals surface area contributed by atoms with Crippen LogP contribution >= 0.6 is 0 Å². The molecule has 0 radical (unpaired) electrons. The molecule has 1 aliphatic rings. The molecule has 1 amide bonds. The smallest absolute Gasteiger partial charge is 0.231 e. The Bertz CT molecular complexity index is 668. The zero-order valence-corrected chi connectivity index (χ0v) is 12.6. The van der Waals surface area contributed by atoms with Crippen molar-refractivity contribution >= 4 is 5.91 Å². The van der Waals surface area contributed by atoms with Gasteiger partial charge in [0, 0.05) is 12.4 Å². The molecule has 0 aliphatic heterocycles. The van der Waals surface area contributed by atoms with Crippen molar-refractivity contribution in [2.24, 2.45) is 0 Å². The molecule has 1 atom stereocenters. The van der Waals surface area contributed by atoms with Gasteiger partial charge in [0.15, 0.2) is 0 Å². The molecule has 1 heterocycles. The molecule has 2 aromatic rings. The summed E-state index contributed by atoms with van der Waals surface area (Å²) >= 11 is 0. The van der Waals surface area contributed by atoms with E-state index in [0.29, 0.717) is 0 Å². The molecule has 1 aliphatic carbocycles. The monoisotopic (exact) mass is 298 g/mol. The van der Waals surface area contributed by atoms with Crippen LogP contribution in [0.5, 0.6) is 0 Å². The topological polar surface area (TPSA) is 42.0 Å². The molecule has 1 aromatic heterocycles. The van der Waals surface area contributed by atoms with Crippen LogP contribution in [0.2, 0.25) is 0 Å². The summed E-state index contributed by atoms with van der Waals surface area (Å²) in [7, 11) is 0. The van der Waals surface area contributed by atoms with Crippen LogP contribution < -0.4 is 5.32 Å². The molecule has 4 heteroatoms. The number of rotatable bonds is 4. The number of carbonyl (C=O) groups excluding carboxylic acids is 1. The number of nitrogens with one attached hydrogen (secondary N) is 1. The summed E-state index contributed by atoms with van der Waals surface area (Å²) in [4.78, 5) is 16.9. The highest BCUT2D eigenvalue weighted by atomic mass is 19.1. The normalized spacial score (nSPS) is 17.4. The van der Waals surface area contributed by atoms with Gasteiger partial charge in [-0.05, 0) is 49.1 Å². The van der Waals surface area contributed by atoms with Crippen molar-refractivity contribution in [1.82, 2.24) is 10.3 Å². The predicted molar refractivity (Wildman–Crippen MR) is 82.7 cm³/mol. The van der Waals surface area contributed by atoms with Crippen molar-refractivity contribution in [3.63, 3.8) is 0 Å². The molecule has 0 spiro atoms. The van der Waals surface area contributed by atoms with Crippen molar-refractivity contribution in [1.29, 1.82) is 0 Å². The fourth-order valence-corrected chi connectivity index (χ4v) is 3.01. The van der Waals surface area contributed by atoms with Crippen LogP contribution in [0.3, 0.4) is 0 Å². The lowest BCUT2D eigenvalue weighted by molar-refractivity contribution is -0.130. The van der Waals surface area contributed by atoms with Crippen LogP contribution in [0.25, 0.3) is 0 Å². The Labute approximate surface area is 129 Å². The highest BCUT2D eigenvalue weighted by Crippen LogP contribution is 2.44. The number of amides is 1. The first kappa shape index (κ1) is 14.7. The maximum absolute atomic E-state index is 13.5. The van der Waals surface area contributed by atoms with Gasteiger partial charge in [-0.2, -0.15) is 0 Å². The second-order valence-electron chi connectivity index (χ2n) is 5.93. The van der Waals surface area contributed by atoms with E-state index < -0.39 is 5.41 Å². The van der Waals surface area contributed by atoms with E-state index in [-0.39, 0.29) is 17.8 Å². The number of hydrogen-bond acceptors (Lipinski definition) is 2. The summed E-state index contributed by atoms with van der Waals surface area (Å²) in [6.07, 6.45) is 5.98. The Morgan fingerprint density at radius 1 is 1.32 bits per heavy atom. The molecular formula is C18H19FN2O. The second-order valence-corrected chi connectivity index (χ2v) is 5.93. The predicted octanol–water partition coefficient (Wildman–Crippen LogP) is 3.52. The first-order valence-electron chi connectivity index (χ1n) is 7.59. The van der Waals surface area contributed by atoms with Gasteiger partial charge in [-0.1, -0.05) is 24.6 Å². The Morgan fingerprint density at radius 2 is 2.14 bits per heavy atom. The van der Waals surface area contributed by atoms with Gasteiger partial charge in [0.2, 0.25) is 5.91 Å². The van der Waals surface area contributed by atoms with Crippen molar-refractivity contribution in [2.45, 2.75) is 37.6 Å². The third kappa shape index (κ3) is 2.61. The fourth-order valence-electron chi connectivity index (χ4n) is 3.01. The van der Waals surface area contributed by atoms with Gasteiger partial charge in [-0.3, -0.25) is 9.78 Å². The van der Waals surface area contributed by atoms with Crippen LogP contribution in [0, 0.1) is 5.82 Å². The number of aromatic nitrogens is 1.